The SMILES string of the molecule is Cc1c(Nc2ncc(C(F)(F)F)cn2)cnn1C1CCNCC1. The first-order valence-electron chi connectivity index (χ1n) is 7.36. The highest BCUT2D eigenvalue weighted by atomic mass is 19.4. The number of nitrogens with one attached hydrogen (secondary N) is 2. The molecule has 2 aromatic rings. The Labute approximate surface area is 131 Å². The zero-order chi connectivity index (χ0) is 16.4. The molecule has 23 heavy (non-hydrogen) atoms. The summed E-state index contributed by atoms with van der Waals surface area (Å²) in [5.41, 5.74) is 0.744. The molecule has 0 aliphatic carbocycles. The second-order valence-electron chi connectivity index (χ2n) is 5.49. The topological polar surface area (TPSA) is 67.7 Å². The van der Waals surface area contributed by atoms with Gasteiger partial charge in [0.05, 0.1) is 29.2 Å². The van der Waals surface area contributed by atoms with Gasteiger partial charge in [-0.15, -0.1) is 0 Å². The molecule has 0 saturated carbocycles. The third-order valence-electron chi connectivity index (χ3n) is 3.92. The molecular formula is C14H17F3N6. The molecule has 124 valence electrons. The lowest BCUT2D eigenvalue weighted by Crippen LogP contribution is -2.30. The molecule has 0 spiro atoms. The van der Waals surface area contributed by atoms with Gasteiger partial charge in [0.15, 0.2) is 0 Å². The first kappa shape index (κ1) is 15.7. The molecule has 9 heteroatoms. The largest absolute Gasteiger partial charge is 0.419 e. The van der Waals surface area contributed by atoms with Crippen molar-refractivity contribution in [2.45, 2.75) is 32.0 Å². The van der Waals surface area contributed by atoms with E-state index in [1.807, 2.05) is 11.6 Å². The predicted molar refractivity (Wildman–Crippen MR) is 78.4 cm³/mol. The van der Waals surface area contributed by atoms with Crippen molar-refractivity contribution in [2.24, 2.45) is 0 Å². The van der Waals surface area contributed by atoms with Crippen molar-refractivity contribution in [3.8, 4) is 0 Å². The second kappa shape index (κ2) is 6.15. The Morgan fingerprint density at radius 1 is 1.17 bits per heavy atom. The van der Waals surface area contributed by atoms with Crippen LogP contribution in [-0.2, 0) is 6.18 Å². The molecule has 3 rings (SSSR count). The molecule has 0 amide bonds. The van der Waals surface area contributed by atoms with Crippen molar-refractivity contribution in [3.63, 3.8) is 0 Å². The van der Waals surface area contributed by atoms with E-state index in [1.165, 1.54) is 0 Å². The number of piperidine rings is 1. The van der Waals surface area contributed by atoms with Gasteiger partial charge in [0, 0.05) is 12.4 Å². The van der Waals surface area contributed by atoms with Crippen molar-refractivity contribution in [1.29, 1.82) is 0 Å². The Balaban J connectivity index is 1.74. The summed E-state index contributed by atoms with van der Waals surface area (Å²) in [4.78, 5) is 7.43. The molecule has 2 aromatic heterocycles. The molecular weight excluding hydrogens is 309 g/mol. The van der Waals surface area contributed by atoms with Gasteiger partial charge in [0.25, 0.3) is 0 Å². The normalized spacial score (nSPS) is 16.5. The number of aromatic nitrogens is 4. The van der Waals surface area contributed by atoms with E-state index in [0.717, 1.165) is 44.0 Å². The van der Waals surface area contributed by atoms with Crippen molar-refractivity contribution in [2.75, 3.05) is 18.4 Å². The standard InChI is InChI=1S/C14H17F3N6/c1-9-12(8-21-23(9)11-2-4-18-5-3-11)22-13-19-6-10(7-20-13)14(15,16)17/h6-8,11,18H,2-5H2,1H3,(H,19,20,22). The van der Waals surface area contributed by atoms with Gasteiger partial charge in [-0.25, -0.2) is 9.97 Å². The maximum absolute atomic E-state index is 12.5. The second-order valence-corrected chi connectivity index (χ2v) is 5.49. The number of halogens is 3. The van der Waals surface area contributed by atoms with Crippen molar-refractivity contribution in [3.05, 3.63) is 29.8 Å². The average Bonchev–Trinajstić information content (AvgIpc) is 2.89. The Morgan fingerprint density at radius 2 is 1.83 bits per heavy atom. The zero-order valence-corrected chi connectivity index (χ0v) is 12.6. The molecule has 6 nitrogen and oxygen atoms in total. The number of nitrogens with zero attached hydrogens (tertiary/aromatic N) is 4. The fourth-order valence-electron chi connectivity index (χ4n) is 2.62. The van der Waals surface area contributed by atoms with Gasteiger partial charge in [0.1, 0.15) is 0 Å². The van der Waals surface area contributed by atoms with Crippen LogP contribution in [0.15, 0.2) is 18.6 Å². The monoisotopic (exact) mass is 326 g/mol. The number of hydrogen-bond acceptors (Lipinski definition) is 5. The quantitative estimate of drug-likeness (QED) is 0.908. The van der Waals surface area contributed by atoms with Gasteiger partial charge in [-0.2, -0.15) is 18.3 Å². The van der Waals surface area contributed by atoms with Crippen LogP contribution in [0.5, 0.6) is 0 Å². The maximum Gasteiger partial charge on any atom is 0.419 e. The van der Waals surface area contributed by atoms with Crippen LogP contribution >= 0.6 is 0 Å². The molecule has 1 aliphatic rings. The van der Waals surface area contributed by atoms with Gasteiger partial charge < -0.3 is 10.6 Å². The van der Waals surface area contributed by atoms with E-state index < -0.39 is 11.7 Å². The van der Waals surface area contributed by atoms with Gasteiger partial charge in [0.2, 0.25) is 5.95 Å². The lowest BCUT2D eigenvalue weighted by atomic mass is 10.1. The van der Waals surface area contributed by atoms with Crippen LogP contribution in [0.1, 0.15) is 30.1 Å². The third-order valence-corrected chi connectivity index (χ3v) is 3.92. The molecule has 0 unspecified atom stereocenters. The summed E-state index contributed by atoms with van der Waals surface area (Å²) in [6, 6.07) is 0.334. The van der Waals surface area contributed by atoms with Crippen LogP contribution in [0.25, 0.3) is 0 Å². The zero-order valence-electron chi connectivity index (χ0n) is 12.6. The minimum absolute atomic E-state index is 0.117. The highest BCUT2D eigenvalue weighted by Crippen LogP contribution is 2.29. The first-order chi connectivity index (χ1) is 10.9. The van der Waals surface area contributed by atoms with Gasteiger partial charge in [-0.1, -0.05) is 0 Å². The Kier molecular flexibility index (Phi) is 4.20. The van der Waals surface area contributed by atoms with Crippen LogP contribution < -0.4 is 10.6 Å². The summed E-state index contributed by atoms with van der Waals surface area (Å²) in [5.74, 6) is 0.117. The van der Waals surface area contributed by atoms with E-state index in [1.54, 1.807) is 6.20 Å². The predicted octanol–water partition coefficient (Wildman–Crippen LogP) is 2.67. The van der Waals surface area contributed by atoms with Crippen LogP contribution in [-0.4, -0.2) is 32.8 Å². The minimum atomic E-state index is -4.44. The summed E-state index contributed by atoms with van der Waals surface area (Å²) in [7, 11) is 0. The molecule has 1 aliphatic heterocycles. The fourth-order valence-corrected chi connectivity index (χ4v) is 2.62. The molecule has 2 N–H and O–H groups in total. The van der Waals surface area contributed by atoms with Crippen LogP contribution in [0, 0.1) is 6.92 Å². The van der Waals surface area contributed by atoms with Crippen LogP contribution in [0.2, 0.25) is 0 Å². The molecule has 1 saturated heterocycles. The van der Waals surface area contributed by atoms with E-state index in [4.69, 9.17) is 0 Å². The van der Waals surface area contributed by atoms with Crippen molar-refractivity contribution in [1.82, 2.24) is 25.1 Å². The minimum Gasteiger partial charge on any atom is -0.321 e. The molecule has 3 heterocycles. The number of alkyl halides is 3. The van der Waals surface area contributed by atoms with Crippen LogP contribution in [0.4, 0.5) is 24.8 Å². The Morgan fingerprint density at radius 3 is 2.43 bits per heavy atom. The molecule has 0 atom stereocenters. The van der Waals surface area contributed by atoms with Gasteiger partial charge >= 0.3 is 6.18 Å². The number of rotatable bonds is 3. The summed E-state index contributed by atoms with van der Waals surface area (Å²) >= 11 is 0. The van der Waals surface area contributed by atoms with E-state index in [9.17, 15) is 13.2 Å². The molecule has 0 radical (unpaired) electrons. The summed E-state index contributed by atoms with van der Waals surface area (Å²) in [6.45, 7) is 3.82. The molecule has 0 aromatic carbocycles. The lowest BCUT2D eigenvalue weighted by molar-refractivity contribution is -0.138. The Bertz CT molecular complexity index is 658. The van der Waals surface area contributed by atoms with Gasteiger partial charge in [-0.05, 0) is 32.9 Å². The Hall–Kier alpha value is -2.16. The third kappa shape index (κ3) is 3.44. The van der Waals surface area contributed by atoms with E-state index >= 15 is 0 Å². The van der Waals surface area contributed by atoms with Gasteiger partial charge in [-0.3, -0.25) is 4.68 Å². The van der Waals surface area contributed by atoms with E-state index in [2.05, 4.69) is 25.7 Å². The highest BCUT2D eigenvalue weighted by Gasteiger charge is 2.31. The van der Waals surface area contributed by atoms with E-state index in [-0.39, 0.29) is 5.95 Å². The fraction of sp³-hybridized carbons (Fsp3) is 0.500. The molecule has 1 fully saturated rings. The first-order valence-corrected chi connectivity index (χ1v) is 7.36. The number of anilines is 2. The summed E-state index contributed by atoms with van der Waals surface area (Å²) in [5, 5.41) is 10.6. The van der Waals surface area contributed by atoms with Crippen LogP contribution in [0.3, 0.4) is 0 Å². The van der Waals surface area contributed by atoms with Crippen molar-refractivity contribution < 1.29 is 13.2 Å². The summed E-state index contributed by atoms with van der Waals surface area (Å²) < 4.78 is 39.5. The maximum atomic E-state index is 12.5. The summed E-state index contributed by atoms with van der Waals surface area (Å²) in [6.07, 6.45) is 0.744. The smallest absolute Gasteiger partial charge is 0.321 e. The van der Waals surface area contributed by atoms with Crippen molar-refractivity contribution >= 4 is 11.6 Å². The highest BCUT2D eigenvalue weighted by molar-refractivity contribution is 5.55. The van der Waals surface area contributed by atoms with E-state index in [0.29, 0.717) is 11.7 Å². The average molecular weight is 326 g/mol. The lowest BCUT2D eigenvalue weighted by Gasteiger charge is -2.24. The number of hydrogen-bond donors (Lipinski definition) is 2. The molecule has 0 bridgehead atoms.